The van der Waals surface area contributed by atoms with Crippen LogP contribution in [0.15, 0.2) is 54.6 Å². The van der Waals surface area contributed by atoms with Gasteiger partial charge in [0.05, 0.1) is 0 Å². The highest BCUT2D eigenvalue weighted by Gasteiger charge is 2.32. The summed E-state index contributed by atoms with van der Waals surface area (Å²) in [5.41, 5.74) is 18.3. The molecule has 0 aromatic heterocycles. The monoisotopic (exact) mass is 941 g/mol. The highest BCUT2D eigenvalue weighted by atomic mass is 19.4. The van der Waals surface area contributed by atoms with Gasteiger partial charge in [-0.25, -0.2) is 26.3 Å². The predicted molar refractivity (Wildman–Crippen MR) is 260 cm³/mol. The van der Waals surface area contributed by atoms with Crippen molar-refractivity contribution in [3.05, 3.63) is 201 Å². The second-order valence-electron chi connectivity index (χ2n) is 17.3. The molecule has 0 bridgehead atoms. The Hall–Kier alpha value is -5.51. The summed E-state index contributed by atoms with van der Waals surface area (Å²) in [6.45, 7) is 37.6. The molecule has 0 spiro atoms. The number of alkyl halides is 3. The summed E-state index contributed by atoms with van der Waals surface area (Å²) in [6, 6.07) is 14.9. The molecular weight excluding hydrogens is 872 g/mol. The summed E-state index contributed by atoms with van der Waals surface area (Å²) in [7, 11) is 0. The summed E-state index contributed by atoms with van der Waals surface area (Å²) in [6.07, 6.45) is -4.86. The van der Waals surface area contributed by atoms with Crippen LogP contribution < -0.4 is 4.74 Å². The minimum absolute atomic E-state index is 0.0694. The number of halogens is 9. The van der Waals surface area contributed by atoms with Crippen molar-refractivity contribution < 1.29 is 44.3 Å². The zero-order chi connectivity index (χ0) is 52.2. The molecule has 0 aliphatic heterocycles. The number of hydrogen-bond acceptors (Lipinski definition) is 1. The summed E-state index contributed by atoms with van der Waals surface area (Å²) in [5, 5.41) is 0. The fourth-order valence-corrected chi connectivity index (χ4v) is 6.36. The van der Waals surface area contributed by atoms with E-state index in [-0.39, 0.29) is 28.6 Å². The van der Waals surface area contributed by atoms with Gasteiger partial charge in [-0.15, -0.1) is 13.2 Å². The Morgan fingerprint density at radius 1 is 0.269 bits per heavy atom. The van der Waals surface area contributed by atoms with Gasteiger partial charge >= 0.3 is 6.36 Å². The summed E-state index contributed by atoms with van der Waals surface area (Å²) in [4.78, 5) is 0. The van der Waals surface area contributed by atoms with Crippen LogP contribution in [0, 0.1) is 173 Å². The van der Waals surface area contributed by atoms with Crippen molar-refractivity contribution in [3.63, 3.8) is 0 Å². The first-order valence-electron chi connectivity index (χ1n) is 21.8. The van der Waals surface area contributed by atoms with E-state index in [1.54, 1.807) is 80.5 Å². The van der Waals surface area contributed by atoms with Crippen LogP contribution in [0.1, 0.15) is 111 Å². The Morgan fingerprint density at radius 3 is 0.776 bits per heavy atom. The maximum atomic E-state index is 13.2. The van der Waals surface area contributed by atoms with Gasteiger partial charge in [0.2, 0.25) is 0 Å². The normalized spacial score (nSPS) is 10.5. The van der Waals surface area contributed by atoms with E-state index in [0.717, 1.165) is 56.1 Å². The van der Waals surface area contributed by atoms with E-state index in [1.165, 1.54) is 59.4 Å². The van der Waals surface area contributed by atoms with Crippen LogP contribution in [0.3, 0.4) is 0 Å². The average molecular weight is 941 g/mol. The minimum Gasteiger partial charge on any atom is -0.403 e. The van der Waals surface area contributed by atoms with Gasteiger partial charge in [-0.05, 0) is 256 Å². The molecule has 0 radical (unpaired) electrons. The van der Waals surface area contributed by atoms with Gasteiger partial charge in [-0.1, -0.05) is 42.5 Å². The number of hydrogen-bond donors (Lipinski definition) is 0. The van der Waals surface area contributed by atoms with Crippen molar-refractivity contribution >= 4 is 0 Å². The zero-order valence-electron chi connectivity index (χ0n) is 43.0. The van der Waals surface area contributed by atoms with Gasteiger partial charge in [-0.3, -0.25) is 0 Å². The lowest BCUT2D eigenvalue weighted by atomic mass is 9.90. The molecule has 0 saturated carbocycles. The molecule has 0 aliphatic rings. The molecule has 1 nitrogen and oxygen atoms in total. The molecule has 10 heteroatoms. The molecule has 0 N–H and O–H groups in total. The van der Waals surface area contributed by atoms with E-state index in [4.69, 9.17) is 0 Å². The molecule has 0 atom stereocenters. The summed E-state index contributed by atoms with van der Waals surface area (Å²) < 4.78 is 117. The van der Waals surface area contributed by atoms with Gasteiger partial charge in [0.1, 0.15) is 29.1 Å². The Morgan fingerprint density at radius 2 is 0.507 bits per heavy atom. The molecule has 0 amide bonds. The number of aryl methyl sites for hydroxylation is 8. The first kappa shape index (κ1) is 59.5. The first-order chi connectivity index (χ1) is 30.7. The highest BCUT2D eigenvalue weighted by Crippen LogP contribution is 2.29. The van der Waals surface area contributed by atoms with Crippen LogP contribution >= 0.6 is 0 Å². The van der Waals surface area contributed by atoms with E-state index >= 15 is 0 Å². The van der Waals surface area contributed by atoms with Crippen LogP contribution in [0.2, 0.25) is 0 Å². The molecule has 0 unspecified atom stereocenters. The topological polar surface area (TPSA) is 9.23 Å². The Balaban J connectivity index is 0.000000404. The standard InChI is InChI=1S/C12H18.C9H8F4O.C9H10F2.3C9H11F/c1-7-8(2)10(4)12(6)11(5)9(7)3;1-5-3-4-7(8(10)6(5)2)14-9(11,12)13;1-5-4-8(10)7(3)9(11)6(5)2;3*1-6-4-5-7(2)9(10)8(6)3/h1-6H3;3-4H,1-2H3;4H,1-3H3;3*4-5H,1-3H3. The van der Waals surface area contributed by atoms with Crippen LogP contribution in [0.25, 0.3) is 0 Å². The summed E-state index contributed by atoms with van der Waals surface area (Å²) in [5.74, 6) is -2.86. The van der Waals surface area contributed by atoms with Gasteiger partial charge < -0.3 is 4.74 Å². The fourth-order valence-electron chi connectivity index (χ4n) is 6.36. The molecule has 0 saturated heterocycles. The third kappa shape index (κ3) is 16.6. The van der Waals surface area contributed by atoms with Crippen LogP contribution in [0.4, 0.5) is 39.5 Å². The number of benzene rings is 6. The maximum Gasteiger partial charge on any atom is 0.573 e. The minimum atomic E-state index is -4.86. The molecular formula is C57H69F9O. The van der Waals surface area contributed by atoms with Crippen molar-refractivity contribution in [3.8, 4) is 5.75 Å². The van der Waals surface area contributed by atoms with E-state index in [9.17, 15) is 39.5 Å². The van der Waals surface area contributed by atoms with Crippen molar-refractivity contribution in [2.75, 3.05) is 0 Å². The third-order valence-electron chi connectivity index (χ3n) is 12.7. The van der Waals surface area contributed by atoms with Gasteiger partial charge in [0, 0.05) is 5.56 Å². The van der Waals surface area contributed by atoms with Crippen molar-refractivity contribution in [1.82, 2.24) is 0 Å². The van der Waals surface area contributed by atoms with Crippen LogP contribution in [-0.2, 0) is 0 Å². The highest BCUT2D eigenvalue weighted by molar-refractivity contribution is 5.48. The largest absolute Gasteiger partial charge is 0.573 e. The average Bonchev–Trinajstić information content (AvgIpc) is 3.28. The second-order valence-corrected chi connectivity index (χ2v) is 17.3. The molecule has 0 heterocycles. The van der Waals surface area contributed by atoms with Gasteiger partial charge in [0.15, 0.2) is 11.6 Å². The second kappa shape index (κ2) is 25.6. The predicted octanol–water partition coefficient (Wildman–Crippen LogP) is 18.0. The van der Waals surface area contributed by atoms with Crippen molar-refractivity contribution in [2.45, 2.75) is 145 Å². The lowest BCUT2D eigenvalue weighted by Crippen LogP contribution is -2.18. The summed E-state index contributed by atoms with van der Waals surface area (Å²) >= 11 is 0. The number of rotatable bonds is 1. The molecule has 0 aliphatic carbocycles. The van der Waals surface area contributed by atoms with Crippen molar-refractivity contribution in [2.24, 2.45) is 0 Å². The Labute approximate surface area is 394 Å². The first-order valence-corrected chi connectivity index (χ1v) is 21.8. The SMILES string of the molecule is Cc1c(C)c(C)c(C)c(C)c1C.Cc1cc(F)c(C)c(F)c1C.Cc1ccc(C)c(F)c1C.Cc1ccc(C)c(F)c1C.Cc1ccc(C)c(F)c1C.Cc1ccc(OC(F)(F)F)c(F)c1C. The molecule has 6 rings (SSSR count). The quantitative estimate of drug-likeness (QED) is 0.149. The lowest BCUT2D eigenvalue weighted by molar-refractivity contribution is -0.275. The Kier molecular flexibility index (Phi) is 22.7. The number of ether oxygens (including phenoxy) is 1. The van der Waals surface area contributed by atoms with E-state index < -0.39 is 29.6 Å². The lowest BCUT2D eigenvalue weighted by Gasteiger charge is -2.15. The molecule has 6 aromatic rings. The third-order valence-corrected chi connectivity index (χ3v) is 12.7. The molecule has 0 fully saturated rings. The van der Waals surface area contributed by atoms with E-state index in [1.807, 2.05) is 39.0 Å². The van der Waals surface area contributed by atoms with Crippen molar-refractivity contribution in [1.29, 1.82) is 0 Å². The van der Waals surface area contributed by atoms with Gasteiger partial charge in [0.25, 0.3) is 0 Å². The fraction of sp³-hybridized carbons (Fsp3) is 0.368. The Bertz CT molecular complexity index is 2310. The van der Waals surface area contributed by atoms with Gasteiger partial charge in [-0.2, -0.15) is 0 Å². The molecule has 67 heavy (non-hydrogen) atoms. The molecule has 6 aromatic carbocycles. The smallest absolute Gasteiger partial charge is 0.403 e. The molecule has 366 valence electrons. The van der Waals surface area contributed by atoms with E-state index in [2.05, 4.69) is 46.3 Å². The maximum absolute atomic E-state index is 13.2. The van der Waals surface area contributed by atoms with E-state index in [0.29, 0.717) is 16.7 Å². The zero-order valence-corrected chi connectivity index (χ0v) is 43.0. The van der Waals surface area contributed by atoms with Crippen LogP contribution in [0.5, 0.6) is 5.75 Å². The van der Waals surface area contributed by atoms with Crippen LogP contribution in [-0.4, -0.2) is 6.36 Å².